The van der Waals surface area contributed by atoms with Crippen molar-refractivity contribution in [3.8, 4) is 0 Å². The summed E-state index contributed by atoms with van der Waals surface area (Å²) in [4.78, 5) is 14.8. The number of ether oxygens (including phenoxy) is 1. The van der Waals surface area contributed by atoms with Gasteiger partial charge in [-0.2, -0.15) is 11.8 Å². The highest BCUT2D eigenvalue weighted by Crippen LogP contribution is 2.40. The highest BCUT2D eigenvalue weighted by molar-refractivity contribution is 7.99. The van der Waals surface area contributed by atoms with E-state index in [0.717, 1.165) is 16.9 Å². The number of aryl methyl sites for hydroxylation is 1. The Bertz CT molecular complexity index is 701. The Kier molecular flexibility index (Phi) is 6.93. The molecule has 0 amide bonds. The van der Waals surface area contributed by atoms with Crippen LogP contribution in [0.1, 0.15) is 72.9 Å². The van der Waals surface area contributed by atoms with E-state index in [1.54, 1.807) is 0 Å². The van der Waals surface area contributed by atoms with Crippen LogP contribution in [0.4, 0.5) is 0 Å². The molecule has 0 aromatic carbocycles. The number of thioether (sulfide) groups is 1. The standard InChI is InChI=1S/C21H31NO4S/c1-4-25-21(24)20-18(13-27-14-8-6-5-7-9-14)26-17-11-10-16(23)15(19(17)20)12-22(2)3/h14,23H,4-13H2,1-3H3. The molecule has 0 saturated heterocycles. The lowest BCUT2D eigenvalue weighted by Gasteiger charge is -2.21. The van der Waals surface area contributed by atoms with Crippen LogP contribution in [0.15, 0.2) is 10.2 Å². The van der Waals surface area contributed by atoms with Crippen molar-refractivity contribution in [2.24, 2.45) is 0 Å². The minimum absolute atomic E-state index is 0.326. The lowest BCUT2D eigenvalue weighted by atomic mass is 9.91. The summed E-state index contributed by atoms with van der Waals surface area (Å²) in [5, 5.41) is 11.1. The molecule has 1 fully saturated rings. The smallest absolute Gasteiger partial charge is 0.342 e. The van der Waals surface area contributed by atoms with Crippen LogP contribution in [-0.2, 0) is 16.9 Å². The fourth-order valence-electron chi connectivity index (χ4n) is 3.98. The molecule has 0 bridgehead atoms. The number of hydrogen-bond acceptors (Lipinski definition) is 6. The molecule has 1 heterocycles. The number of esters is 1. The molecule has 2 aliphatic carbocycles. The van der Waals surface area contributed by atoms with Gasteiger partial charge in [0.1, 0.15) is 17.1 Å². The number of likely N-dealkylation sites (N-methyl/N-ethyl adjacent to an activating group) is 1. The normalized spacial score (nSPS) is 18.1. The molecular weight excluding hydrogens is 362 g/mol. The van der Waals surface area contributed by atoms with Crippen molar-refractivity contribution in [2.75, 3.05) is 27.2 Å². The van der Waals surface area contributed by atoms with Gasteiger partial charge in [0.2, 0.25) is 0 Å². The monoisotopic (exact) mass is 393 g/mol. The van der Waals surface area contributed by atoms with E-state index in [4.69, 9.17) is 9.15 Å². The van der Waals surface area contributed by atoms with Gasteiger partial charge < -0.3 is 19.2 Å². The predicted molar refractivity (Wildman–Crippen MR) is 109 cm³/mol. The Morgan fingerprint density at radius 3 is 2.67 bits per heavy atom. The molecule has 6 heteroatoms. The number of carbonyl (C=O) groups excluding carboxylic acids is 1. The topological polar surface area (TPSA) is 62.9 Å². The van der Waals surface area contributed by atoms with Crippen LogP contribution >= 0.6 is 11.8 Å². The number of fused-ring (bicyclic) bond motifs is 1. The molecule has 0 radical (unpaired) electrons. The predicted octanol–water partition coefficient (Wildman–Crippen LogP) is 4.80. The molecule has 1 aromatic rings. The highest BCUT2D eigenvalue weighted by atomic mass is 32.2. The zero-order valence-corrected chi connectivity index (χ0v) is 17.5. The van der Waals surface area contributed by atoms with Gasteiger partial charge in [-0.25, -0.2) is 4.79 Å². The molecular formula is C21H31NO4S. The molecule has 0 atom stereocenters. The summed E-state index contributed by atoms with van der Waals surface area (Å²) in [6, 6.07) is 0. The van der Waals surface area contributed by atoms with Gasteiger partial charge >= 0.3 is 5.97 Å². The first-order chi connectivity index (χ1) is 13.0. The van der Waals surface area contributed by atoms with Gasteiger partial charge in [0, 0.05) is 35.8 Å². The second-order valence-electron chi connectivity index (χ2n) is 7.65. The fourth-order valence-corrected chi connectivity index (χ4v) is 5.24. The summed E-state index contributed by atoms with van der Waals surface area (Å²) in [6.45, 7) is 2.71. The second kappa shape index (κ2) is 9.20. The van der Waals surface area contributed by atoms with E-state index in [9.17, 15) is 9.90 Å². The molecule has 0 spiro atoms. The third kappa shape index (κ3) is 4.72. The average molecular weight is 394 g/mol. The molecule has 3 rings (SSSR count). The Balaban J connectivity index is 1.93. The maximum Gasteiger partial charge on any atom is 0.342 e. The van der Waals surface area contributed by atoms with E-state index in [-0.39, 0.29) is 5.97 Å². The van der Waals surface area contributed by atoms with E-state index < -0.39 is 0 Å². The molecule has 27 heavy (non-hydrogen) atoms. The Morgan fingerprint density at radius 2 is 2.00 bits per heavy atom. The van der Waals surface area contributed by atoms with Crippen LogP contribution in [-0.4, -0.2) is 48.5 Å². The van der Waals surface area contributed by atoms with Crippen molar-refractivity contribution >= 4 is 23.3 Å². The van der Waals surface area contributed by atoms with E-state index in [2.05, 4.69) is 0 Å². The number of hydrogen-bond donors (Lipinski definition) is 1. The average Bonchev–Trinajstić information content (AvgIpc) is 3.02. The number of carbonyl (C=O) groups is 1. The van der Waals surface area contributed by atoms with Crippen LogP contribution in [0.3, 0.4) is 0 Å². The molecule has 150 valence electrons. The highest BCUT2D eigenvalue weighted by Gasteiger charge is 2.33. The van der Waals surface area contributed by atoms with E-state index in [0.29, 0.717) is 54.1 Å². The van der Waals surface area contributed by atoms with Gasteiger partial charge in [0.15, 0.2) is 0 Å². The molecule has 0 aliphatic heterocycles. The first-order valence-corrected chi connectivity index (χ1v) is 11.1. The first-order valence-electron chi connectivity index (χ1n) is 10.0. The lowest BCUT2D eigenvalue weighted by Crippen LogP contribution is -2.20. The number of rotatable bonds is 7. The lowest BCUT2D eigenvalue weighted by molar-refractivity contribution is 0.0524. The van der Waals surface area contributed by atoms with E-state index >= 15 is 0 Å². The third-order valence-corrected chi connectivity index (χ3v) is 6.62. The Morgan fingerprint density at radius 1 is 1.26 bits per heavy atom. The van der Waals surface area contributed by atoms with Crippen molar-refractivity contribution in [3.05, 3.63) is 28.4 Å². The maximum atomic E-state index is 12.8. The molecule has 2 aliphatic rings. The van der Waals surface area contributed by atoms with Crippen molar-refractivity contribution in [3.63, 3.8) is 0 Å². The Labute approximate surface area is 166 Å². The summed E-state index contributed by atoms with van der Waals surface area (Å²) in [7, 11) is 3.91. The van der Waals surface area contributed by atoms with Crippen LogP contribution in [0.2, 0.25) is 0 Å². The molecule has 0 unspecified atom stereocenters. The van der Waals surface area contributed by atoms with Crippen LogP contribution < -0.4 is 0 Å². The van der Waals surface area contributed by atoms with Crippen LogP contribution in [0, 0.1) is 0 Å². The third-order valence-electron chi connectivity index (χ3n) is 5.25. The van der Waals surface area contributed by atoms with Gasteiger partial charge in [0.25, 0.3) is 0 Å². The summed E-state index contributed by atoms with van der Waals surface area (Å²) in [5.41, 5.74) is 2.09. The summed E-state index contributed by atoms with van der Waals surface area (Å²) in [5.74, 6) is 2.22. The SMILES string of the molecule is CCOC(=O)c1c(CSC2CCCCC2)oc2c1C(CN(C)C)=C(O)CC2. The summed E-state index contributed by atoms with van der Waals surface area (Å²) < 4.78 is 11.5. The minimum Gasteiger partial charge on any atom is -0.512 e. The first kappa shape index (κ1) is 20.3. The summed E-state index contributed by atoms with van der Waals surface area (Å²) >= 11 is 1.89. The van der Waals surface area contributed by atoms with E-state index in [1.807, 2.05) is 37.7 Å². The summed E-state index contributed by atoms with van der Waals surface area (Å²) in [6.07, 6.45) is 7.58. The van der Waals surface area contributed by atoms with Gasteiger partial charge in [-0.15, -0.1) is 0 Å². The van der Waals surface area contributed by atoms with Crippen molar-refractivity contribution in [1.82, 2.24) is 4.90 Å². The van der Waals surface area contributed by atoms with Gasteiger partial charge in [-0.1, -0.05) is 19.3 Å². The van der Waals surface area contributed by atoms with Crippen molar-refractivity contribution in [2.45, 2.75) is 62.9 Å². The number of furan rings is 1. The van der Waals surface area contributed by atoms with Crippen molar-refractivity contribution < 1.29 is 19.1 Å². The second-order valence-corrected chi connectivity index (χ2v) is 8.94. The molecule has 1 saturated carbocycles. The molecule has 1 N–H and O–H groups in total. The fraction of sp³-hybridized carbons (Fsp3) is 0.667. The van der Waals surface area contributed by atoms with Gasteiger partial charge in [-0.05, 0) is 33.9 Å². The zero-order valence-electron chi connectivity index (χ0n) is 16.7. The van der Waals surface area contributed by atoms with Crippen molar-refractivity contribution in [1.29, 1.82) is 0 Å². The quantitative estimate of drug-likeness (QED) is 0.672. The number of nitrogens with zero attached hydrogens (tertiary/aromatic N) is 1. The largest absolute Gasteiger partial charge is 0.512 e. The molecule has 1 aromatic heterocycles. The van der Waals surface area contributed by atoms with E-state index in [1.165, 1.54) is 32.1 Å². The van der Waals surface area contributed by atoms with Crippen LogP contribution in [0.5, 0.6) is 0 Å². The van der Waals surface area contributed by atoms with Crippen LogP contribution in [0.25, 0.3) is 5.57 Å². The number of aliphatic hydroxyl groups excluding tert-OH is 1. The van der Waals surface area contributed by atoms with Gasteiger partial charge in [-0.3, -0.25) is 0 Å². The molecule has 5 nitrogen and oxygen atoms in total. The minimum atomic E-state index is -0.340. The maximum absolute atomic E-state index is 12.8. The number of allylic oxidation sites excluding steroid dienone is 1. The Hall–Kier alpha value is -1.40. The zero-order chi connectivity index (χ0) is 19.4. The van der Waals surface area contributed by atoms with Gasteiger partial charge in [0.05, 0.1) is 18.1 Å². The number of aliphatic hydroxyl groups is 1.